The fourth-order valence-electron chi connectivity index (χ4n) is 4.92. The fourth-order valence-corrected chi connectivity index (χ4v) is 4.92. The first-order chi connectivity index (χ1) is 9.83. The average Bonchev–Trinajstić information content (AvgIpc) is 2.84. The second-order valence-corrected chi connectivity index (χ2v) is 6.71. The molecule has 0 aliphatic heterocycles. The first kappa shape index (κ1) is 12.4. The van der Waals surface area contributed by atoms with Crippen LogP contribution in [0.15, 0.2) is 6.33 Å². The summed E-state index contributed by atoms with van der Waals surface area (Å²) in [6.07, 6.45) is 8.28. The molecule has 2 bridgehead atoms. The van der Waals surface area contributed by atoms with Crippen LogP contribution in [0.5, 0.6) is 0 Å². The summed E-state index contributed by atoms with van der Waals surface area (Å²) in [6.45, 7) is 2.21. The minimum Gasteiger partial charge on any atom is -0.373 e. The maximum Gasteiger partial charge on any atom is 0.134 e. The average molecular weight is 272 g/mol. The molecule has 1 aromatic rings. The Kier molecular flexibility index (Phi) is 2.86. The molecule has 1 aromatic heterocycles. The number of nitrogens with zero attached hydrogens (tertiary/aromatic N) is 2. The number of hydrogen-bond donors (Lipinski definition) is 2. The molecule has 2 N–H and O–H groups in total. The van der Waals surface area contributed by atoms with Crippen LogP contribution in [0.4, 0.5) is 11.6 Å². The zero-order valence-electron chi connectivity index (χ0n) is 12.4. The van der Waals surface area contributed by atoms with Crippen molar-refractivity contribution in [3.63, 3.8) is 0 Å². The van der Waals surface area contributed by atoms with Gasteiger partial charge in [0.25, 0.3) is 0 Å². The Morgan fingerprint density at radius 3 is 2.50 bits per heavy atom. The summed E-state index contributed by atoms with van der Waals surface area (Å²) in [4.78, 5) is 8.88. The molecule has 0 radical (unpaired) electrons. The topological polar surface area (TPSA) is 49.8 Å². The van der Waals surface area contributed by atoms with E-state index in [1.165, 1.54) is 24.8 Å². The van der Waals surface area contributed by atoms with Crippen LogP contribution in [-0.4, -0.2) is 23.1 Å². The number of rotatable bonds is 5. The van der Waals surface area contributed by atoms with Crippen molar-refractivity contribution in [3.8, 4) is 0 Å². The van der Waals surface area contributed by atoms with E-state index >= 15 is 0 Å². The van der Waals surface area contributed by atoms with E-state index in [9.17, 15) is 0 Å². The van der Waals surface area contributed by atoms with E-state index in [2.05, 4.69) is 27.5 Å². The van der Waals surface area contributed by atoms with Crippen molar-refractivity contribution < 1.29 is 0 Å². The number of aromatic nitrogens is 2. The molecule has 3 saturated carbocycles. The van der Waals surface area contributed by atoms with E-state index in [0.29, 0.717) is 6.04 Å². The molecule has 0 aromatic carbocycles. The Morgan fingerprint density at radius 2 is 1.85 bits per heavy atom. The Balaban J connectivity index is 1.55. The molecule has 4 heteroatoms. The molecule has 3 aliphatic carbocycles. The van der Waals surface area contributed by atoms with Crippen molar-refractivity contribution >= 4 is 11.6 Å². The van der Waals surface area contributed by atoms with Crippen LogP contribution in [0, 0.1) is 23.7 Å². The molecule has 4 atom stereocenters. The summed E-state index contributed by atoms with van der Waals surface area (Å²) in [5.41, 5.74) is 1.26. The predicted molar refractivity (Wildman–Crippen MR) is 80.8 cm³/mol. The van der Waals surface area contributed by atoms with E-state index in [1.54, 1.807) is 6.33 Å². The molecule has 0 spiro atoms. The van der Waals surface area contributed by atoms with Gasteiger partial charge in [-0.3, -0.25) is 0 Å². The maximum absolute atomic E-state index is 4.52. The molecule has 3 fully saturated rings. The highest BCUT2D eigenvalue weighted by Crippen LogP contribution is 2.66. The SMILES string of the molecule is CCCc1c(NC)ncnc1NC1C2C3CCC(C3)C12. The van der Waals surface area contributed by atoms with E-state index in [0.717, 1.165) is 48.1 Å². The van der Waals surface area contributed by atoms with Crippen LogP contribution < -0.4 is 10.6 Å². The molecule has 4 nitrogen and oxygen atoms in total. The fraction of sp³-hybridized carbons (Fsp3) is 0.750. The number of nitrogens with one attached hydrogen (secondary N) is 2. The second-order valence-electron chi connectivity index (χ2n) is 6.71. The molecule has 108 valence electrons. The molecular weight excluding hydrogens is 248 g/mol. The Morgan fingerprint density at radius 1 is 1.15 bits per heavy atom. The van der Waals surface area contributed by atoms with Crippen molar-refractivity contribution in [2.75, 3.05) is 17.7 Å². The molecule has 4 unspecified atom stereocenters. The molecule has 20 heavy (non-hydrogen) atoms. The number of anilines is 2. The van der Waals surface area contributed by atoms with Gasteiger partial charge in [0, 0.05) is 18.7 Å². The summed E-state index contributed by atoms with van der Waals surface area (Å²) in [6, 6.07) is 0.691. The van der Waals surface area contributed by atoms with Gasteiger partial charge in [-0.05, 0) is 49.4 Å². The van der Waals surface area contributed by atoms with Gasteiger partial charge in [0.05, 0.1) is 0 Å². The van der Waals surface area contributed by atoms with Crippen molar-refractivity contribution in [2.24, 2.45) is 23.7 Å². The second kappa shape index (κ2) is 4.61. The van der Waals surface area contributed by atoms with Gasteiger partial charge in [0.1, 0.15) is 18.0 Å². The van der Waals surface area contributed by atoms with E-state index < -0.39 is 0 Å². The zero-order chi connectivity index (χ0) is 13.7. The predicted octanol–water partition coefficient (Wildman–Crippen LogP) is 2.93. The van der Waals surface area contributed by atoms with Crippen LogP contribution >= 0.6 is 0 Å². The molecule has 4 rings (SSSR count). The third-order valence-electron chi connectivity index (χ3n) is 5.72. The summed E-state index contributed by atoms with van der Waals surface area (Å²) in [5, 5.41) is 6.96. The van der Waals surface area contributed by atoms with Crippen LogP contribution in [0.3, 0.4) is 0 Å². The smallest absolute Gasteiger partial charge is 0.134 e. The standard InChI is InChI=1S/C16H24N4/c1-3-4-11-15(17-2)18-8-19-16(11)20-14-12-9-5-6-10(7-9)13(12)14/h8-10,12-14H,3-7H2,1-2H3,(H2,17,18,19,20). The van der Waals surface area contributed by atoms with Crippen molar-refractivity contribution in [1.29, 1.82) is 0 Å². The van der Waals surface area contributed by atoms with Gasteiger partial charge in [-0.2, -0.15) is 0 Å². The third-order valence-corrected chi connectivity index (χ3v) is 5.72. The first-order valence-electron chi connectivity index (χ1n) is 8.11. The van der Waals surface area contributed by atoms with E-state index in [1.807, 2.05) is 7.05 Å². The lowest BCUT2D eigenvalue weighted by Gasteiger charge is -2.16. The minimum absolute atomic E-state index is 0.691. The summed E-state index contributed by atoms with van der Waals surface area (Å²) in [5.74, 6) is 5.95. The normalized spacial score (nSPS) is 36.8. The van der Waals surface area contributed by atoms with E-state index in [-0.39, 0.29) is 0 Å². The third kappa shape index (κ3) is 1.73. The van der Waals surface area contributed by atoms with Gasteiger partial charge in [0.2, 0.25) is 0 Å². The van der Waals surface area contributed by atoms with E-state index in [4.69, 9.17) is 0 Å². The minimum atomic E-state index is 0.691. The first-order valence-corrected chi connectivity index (χ1v) is 8.11. The highest BCUT2D eigenvalue weighted by atomic mass is 15.1. The summed E-state index contributed by atoms with van der Waals surface area (Å²) >= 11 is 0. The molecule has 1 heterocycles. The Hall–Kier alpha value is -1.32. The van der Waals surface area contributed by atoms with Gasteiger partial charge in [-0.1, -0.05) is 13.3 Å². The molecule has 0 amide bonds. The van der Waals surface area contributed by atoms with Crippen molar-refractivity contribution in [1.82, 2.24) is 9.97 Å². The molecule has 0 saturated heterocycles. The summed E-state index contributed by atoms with van der Waals surface area (Å²) < 4.78 is 0. The largest absolute Gasteiger partial charge is 0.373 e. The number of hydrogen-bond acceptors (Lipinski definition) is 4. The lowest BCUT2D eigenvalue weighted by atomic mass is 10.0. The lowest BCUT2D eigenvalue weighted by Crippen LogP contribution is -2.16. The van der Waals surface area contributed by atoms with Crippen molar-refractivity contribution in [2.45, 2.75) is 45.1 Å². The highest BCUT2D eigenvalue weighted by molar-refractivity contribution is 5.58. The molecule has 3 aliphatic rings. The Labute approximate surface area is 120 Å². The van der Waals surface area contributed by atoms with Gasteiger partial charge in [-0.25, -0.2) is 9.97 Å². The van der Waals surface area contributed by atoms with Crippen LogP contribution in [0.1, 0.15) is 38.2 Å². The molecular formula is C16H24N4. The van der Waals surface area contributed by atoms with Crippen LogP contribution in [-0.2, 0) is 6.42 Å². The number of fused-ring (bicyclic) bond motifs is 5. The van der Waals surface area contributed by atoms with Crippen molar-refractivity contribution in [3.05, 3.63) is 11.9 Å². The van der Waals surface area contributed by atoms with Crippen LogP contribution in [0.25, 0.3) is 0 Å². The zero-order valence-corrected chi connectivity index (χ0v) is 12.4. The van der Waals surface area contributed by atoms with Gasteiger partial charge < -0.3 is 10.6 Å². The van der Waals surface area contributed by atoms with Gasteiger partial charge >= 0.3 is 0 Å². The monoisotopic (exact) mass is 272 g/mol. The lowest BCUT2D eigenvalue weighted by molar-refractivity contribution is 0.456. The Bertz CT molecular complexity index is 499. The maximum atomic E-state index is 4.52. The van der Waals surface area contributed by atoms with Gasteiger partial charge in [0.15, 0.2) is 0 Å². The summed E-state index contributed by atoms with van der Waals surface area (Å²) in [7, 11) is 1.94. The van der Waals surface area contributed by atoms with Gasteiger partial charge in [-0.15, -0.1) is 0 Å². The highest BCUT2D eigenvalue weighted by Gasteiger charge is 2.65. The van der Waals surface area contributed by atoms with Crippen LogP contribution in [0.2, 0.25) is 0 Å². The quantitative estimate of drug-likeness (QED) is 0.865.